The third kappa shape index (κ3) is 2.05. The summed E-state index contributed by atoms with van der Waals surface area (Å²) in [6.07, 6.45) is 0. The van der Waals surface area contributed by atoms with E-state index in [1.807, 2.05) is 24.3 Å². The van der Waals surface area contributed by atoms with Crippen LogP contribution in [0.1, 0.15) is 0 Å². The summed E-state index contributed by atoms with van der Waals surface area (Å²) in [7, 11) is 0. The van der Waals surface area contributed by atoms with Gasteiger partial charge in [0.1, 0.15) is 0 Å². The fourth-order valence-corrected chi connectivity index (χ4v) is 1.97. The van der Waals surface area contributed by atoms with Gasteiger partial charge < -0.3 is 5.32 Å². The van der Waals surface area contributed by atoms with Crippen LogP contribution in [-0.4, -0.2) is 8.75 Å². The van der Waals surface area contributed by atoms with Crippen LogP contribution in [0.2, 0.25) is 5.15 Å². The second kappa shape index (κ2) is 4.25. The summed E-state index contributed by atoms with van der Waals surface area (Å²) in [6.45, 7) is 0. The Morgan fingerprint density at radius 1 is 1.29 bits per heavy atom. The van der Waals surface area contributed by atoms with E-state index >= 15 is 0 Å². The molecule has 1 N–H and O–H groups in total. The number of nitrogens with one attached hydrogen (secondary N) is 1. The minimum absolute atomic E-state index is 0.394. The van der Waals surface area contributed by atoms with Crippen LogP contribution in [0.5, 0.6) is 0 Å². The first-order valence-electron chi connectivity index (χ1n) is 3.77. The SMILES string of the molecule is Clc1nsnc1Nc1ccccc1Br. The lowest BCUT2D eigenvalue weighted by atomic mass is 10.3. The molecule has 0 fully saturated rings. The Morgan fingerprint density at radius 3 is 2.71 bits per heavy atom. The van der Waals surface area contributed by atoms with Gasteiger partial charge in [0.15, 0.2) is 11.0 Å². The van der Waals surface area contributed by atoms with Gasteiger partial charge in [-0.25, -0.2) is 0 Å². The Balaban J connectivity index is 2.28. The zero-order valence-electron chi connectivity index (χ0n) is 6.87. The van der Waals surface area contributed by atoms with Crippen molar-refractivity contribution in [2.45, 2.75) is 0 Å². The third-order valence-electron chi connectivity index (χ3n) is 1.58. The smallest absolute Gasteiger partial charge is 0.187 e. The molecular weight excluding hydrogens is 286 g/mol. The highest BCUT2D eigenvalue weighted by molar-refractivity contribution is 9.10. The molecule has 2 rings (SSSR count). The van der Waals surface area contributed by atoms with Crippen molar-refractivity contribution in [3.8, 4) is 0 Å². The van der Waals surface area contributed by atoms with Crippen LogP contribution in [0.25, 0.3) is 0 Å². The molecule has 0 unspecified atom stereocenters. The lowest BCUT2D eigenvalue weighted by Gasteiger charge is -2.04. The summed E-state index contributed by atoms with van der Waals surface area (Å²) in [5.74, 6) is 0.587. The van der Waals surface area contributed by atoms with Gasteiger partial charge >= 0.3 is 0 Å². The van der Waals surface area contributed by atoms with E-state index in [0.717, 1.165) is 21.9 Å². The monoisotopic (exact) mass is 289 g/mol. The third-order valence-corrected chi connectivity index (χ3v) is 3.16. The predicted molar refractivity (Wildman–Crippen MR) is 62.3 cm³/mol. The lowest BCUT2D eigenvalue weighted by Crippen LogP contribution is -1.91. The highest BCUT2D eigenvalue weighted by Crippen LogP contribution is 2.27. The number of halogens is 2. The number of rotatable bonds is 2. The van der Waals surface area contributed by atoms with Gasteiger partial charge in [-0.3, -0.25) is 0 Å². The second-order valence-corrected chi connectivity index (χ2v) is 4.25. The summed E-state index contributed by atoms with van der Waals surface area (Å²) in [4.78, 5) is 0. The Bertz CT molecular complexity index is 446. The van der Waals surface area contributed by atoms with Gasteiger partial charge in [-0.2, -0.15) is 8.75 Å². The maximum absolute atomic E-state index is 5.80. The first-order valence-corrected chi connectivity index (χ1v) is 5.67. The molecule has 0 aliphatic rings. The van der Waals surface area contributed by atoms with Gasteiger partial charge in [-0.15, -0.1) is 0 Å². The van der Waals surface area contributed by atoms with Crippen molar-refractivity contribution in [1.29, 1.82) is 0 Å². The van der Waals surface area contributed by atoms with Gasteiger partial charge in [0.05, 0.1) is 17.4 Å². The highest BCUT2D eigenvalue weighted by Gasteiger charge is 2.06. The van der Waals surface area contributed by atoms with E-state index in [2.05, 4.69) is 30.0 Å². The van der Waals surface area contributed by atoms with Crippen molar-refractivity contribution < 1.29 is 0 Å². The fourth-order valence-electron chi connectivity index (χ4n) is 0.943. The van der Waals surface area contributed by atoms with Crippen LogP contribution >= 0.6 is 39.3 Å². The number of aromatic nitrogens is 2. The Labute approximate surface area is 98.6 Å². The zero-order valence-corrected chi connectivity index (χ0v) is 10.0. The van der Waals surface area contributed by atoms with Crippen molar-refractivity contribution in [2.24, 2.45) is 0 Å². The minimum Gasteiger partial charge on any atom is -0.336 e. The zero-order chi connectivity index (χ0) is 9.97. The highest BCUT2D eigenvalue weighted by atomic mass is 79.9. The molecule has 14 heavy (non-hydrogen) atoms. The molecule has 0 saturated carbocycles. The summed E-state index contributed by atoms with van der Waals surface area (Å²) in [6, 6.07) is 7.74. The van der Waals surface area contributed by atoms with Gasteiger partial charge in [0.2, 0.25) is 0 Å². The predicted octanol–water partition coefficient (Wildman–Crippen LogP) is 3.70. The molecule has 1 aromatic carbocycles. The molecule has 6 heteroatoms. The van der Waals surface area contributed by atoms with E-state index in [0.29, 0.717) is 11.0 Å². The molecule has 3 nitrogen and oxygen atoms in total. The van der Waals surface area contributed by atoms with Gasteiger partial charge in [-0.1, -0.05) is 23.7 Å². The molecule has 0 saturated heterocycles. The fraction of sp³-hybridized carbons (Fsp3) is 0. The van der Waals surface area contributed by atoms with Crippen LogP contribution in [0, 0.1) is 0 Å². The van der Waals surface area contributed by atoms with E-state index in [1.54, 1.807) is 0 Å². The molecule has 1 aromatic heterocycles. The number of para-hydroxylation sites is 1. The molecule has 0 amide bonds. The molecule has 0 aliphatic carbocycles. The second-order valence-electron chi connectivity index (χ2n) is 2.51. The molecule has 2 aromatic rings. The van der Waals surface area contributed by atoms with E-state index < -0.39 is 0 Å². The number of nitrogens with zero attached hydrogens (tertiary/aromatic N) is 2. The summed E-state index contributed by atoms with van der Waals surface area (Å²) < 4.78 is 8.84. The molecule has 0 radical (unpaired) electrons. The topological polar surface area (TPSA) is 37.8 Å². The van der Waals surface area contributed by atoms with Crippen LogP contribution in [0.4, 0.5) is 11.5 Å². The number of hydrogen-bond donors (Lipinski definition) is 1. The average molecular weight is 291 g/mol. The van der Waals surface area contributed by atoms with Crippen LogP contribution < -0.4 is 5.32 Å². The molecule has 1 heterocycles. The summed E-state index contributed by atoms with van der Waals surface area (Å²) in [5, 5.41) is 3.47. The Kier molecular flexibility index (Phi) is 3.00. The number of hydrogen-bond acceptors (Lipinski definition) is 4. The summed E-state index contributed by atoms with van der Waals surface area (Å²) in [5.41, 5.74) is 0.919. The van der Waals surface area contributed by atoms with Gasteiger partial charge in [-0.05, 0) is 28.1 Å². The van der Waals surface area contributed by atoms with Crippen molar-refractivity contribution in [2.75, 3.05) is 5.32 Å². The van der Waals surface area contributed by atoms with Crippen molar-refractivity contribution in [3.63, 3.8) is 0 Å². The van der Waals surface area contributed by atoms with Crippen LogP contribution in [0.15, 0.2) is 28.7 Å². The molecule has 0 bridgehead atoms. The Morgan fingerprint density at radius 2 is 2.07 bits per heavy atom. The van der Waals surface area contributed by atoms with Crippen LogP contribution in [-0.2, 0) is 0 Å². The molecular formula is C8H5BrClN3S. The largest absolute Gasteiger partial charge is 0.336 e. The van der Waals surface area contributed by atoms with Crippen LogP contribution in [0.3, 0.4) is 0 Å². The molecule has 0 spiro atoms. The average Bonchev–Trinajstić information content (AvgIpc) is 2.56. The first-order chi connectivity index (χ1) is 6.77. The lowest BCUT2D eigenvalue weighted by molar-refractivity contribution is 1.44. The number of benzene rings is 1. The maximum Gasteiger partial charge on any atom is 0.187 e. The van der Waals surface area contributed by atoms with E-state index in [9.17, 15) is 0 Å². The van der Waals surface area contributed by atoms with Gasteiger partial charge in [0.25, 0.3) is 0 Å². The summed E-state index contributed by atoms with van der Waals surface area (Å²) >= 11 is 10.3. The van der Waals surface area contributed by atoms with E-state index in [-0.39, 0.29) is 0 Å². The quantitative estimate of drug-likeness (QED) is 0.916. The minimum atomic E-state index is 0.394. The van der Waals surface area contributed by atoms with E-state index in [4.69, 9.17) is 11.6 Å². The van der Waals surface area contributed by atoms with Crippen molar-refractivity contribution in [3.05, 3.63) is 33.9 Å². The standard InChI is InChI=1S/C8H5BrClN3S/c9-5-3-1-2-4-6(5)11-8-7(10)12-14-13-8/h1-4H,(H,11,13). The molecule has 72 valence electrons. The molecule has 0 atom stereocenters. The van der Waals surface area contributed by atoms with Crippen molar-refractivity contribution in [1.82, 2.24) is 8.75 Å². The Hall–Kier alpha value is -0.650. The number of anilines is 2. The van der Waals surface area contributed by atoms with E-state index in [1.165, 1.54) is 0 Å². The van der Waals surface area contributed by atoms with Gasteiger partial charge in [0, 0.05) is 4.47 Å². The molecule has 0 aliphatic heterocycles. The van der Waals surface area contributed by atoms with Crippen molar-refractivity contribution >= 4 is 50.8 Å². The first kappa shape index (κ1) is 9.89. The normalized spacial score (nSPS) is 10.1. The maximum atomic E-state index is 5.80.